The summed E-state index contributed by atoms with van der Waals surface area (Å²) < 4.78 is 15.7. The number of benzene rings is 1. The monoisotopic (exact) mass is 354 g/mol. The average molecular weight is 354 g/mol. The zero-order chi connectivity index (χ0) is 18.4. The Bertz CT molecular complexity index is 881. The van der Waals surface area contributed by atoms with Gasteiger partial charge >= 0.3 is 0 Å². The largest absolute Gasteiger partial charge is 0.497 e. The molecule has 8 nitrogen and oxygen atoms in total. The number of hydrogen-bond acceptors (Lipinski definition) is 7. The molecule has 0 spiro atoms. The molecule has 0 radical (unpaired) electrons. The topological polar surface area (TPSA) is 98.5 Å². The van der Waals surface area contributed by atoms with Crippen molar-refractivity contribution in [3.05, 3.63) is 60.4 Å². The predicted molar refractivity (Wildman–Crippen MR) is 95.6 cm³/mol. The highest BCUT2D eigenvalue weighted by Gasteiger charge is 2.13. The van der Waals surface area contributed by atoms with Crippen molar-refractivity contribution in [2.75, 3.05) is 24.9 Å². The molecule has 1 amide bonds. The molecule has 0 saturated carbocycles. The predicted octanol–water partition coefficient (Wildman–Crippen LogP) is 2.95. The summed E-state index contributed by atoms with van der Waals surface area (Å²) in [5.41, 5.74) is 0.701. The maximum atomic E-state index is 12.5. The third-order valence-electron chi connectivity index (χ3n) is 3.58. The van der Waals surface area contributed by atoms with Crippen molar-refractivity contribution in [1.29, 1.82) is 0 Å². The normalized spacial score (nSPS) is 10.2. The summed E-state index contributed by atoms with van der Waals surface area (Å²) in [6.45, 7) is 0.453. The molecule has 134 valence electrons. The molecule has 3 aromatic rings. The molecule has 26 heavy (non-hydrogen) atoms. The second kappa shape index (κ2) is 8.02. The number of furan rings is 1. The van der Waals surface area contributed by atoms with Crippen LogP contribution in [0, 0.1) is 0 Å². The maximum absolute atomic E-state index is 12.5. The molecule has 0 atom stereocenters. The zero-order valence-electron chi connectivity index (χ0n) is 14.4. The van der Waals surface area contributed by atoms with E-state index in [0.29, 0.717) is 29.5 Å². The van der Waals surface area contributed by atoms with Gasteiger partial charge in [-0.05, 0) is 24.3 Å². The molecular weight excluding hydrogens is 336 g/mol. The Morgan fingerprint density at radius 1 is 1.15 bits per heavy atom. The van der Waals surface area contributed by atoms with Crippen LogP contribution in [0.15, 0.2) is 53.4 Å². The van der Waals surface area contributed by atoms with Crippen LogP contribution < -0.4 is 20.1 Å². The summed E-state index contributed by atoms with van der Waals surface area (Å²) in [7, 11) is 3.08. The Kier molecular flexibility index (Phi) is 5.33. The standard InChI is InChI=1S/C18H18N4O4/c1-24-12-5-6-16(25-2)14(8-12)22-18(23)15-9-17(21-11-20-15)19-10-13-4-3-7-26-13/h3-9,11H,10H2,1-2H3,(H,22,23)(H,19,20,21). The number of ether oxygens (including phenoxy) is 2. The van der Waals surface area contributed by atoms with Crippen molar-refractivity contribution in [2.24, 2.45) is 0 Å². The Labute approximate surface area is 150 Å². The molecule has 0 unspecified atom stereocenters. The molecule has 0 bridgehead atoms. The minimum absolute atomic E-state index is 0.215. The Balaban J connectivity index is 1.73. The second-order valence-electron chi connectivity index (χ2n) is 5.24. The molecular formula is C18H18N4O4. The minimum atomic E-state index is -0.389. The van der Waals surface area contributed by atoms with Crippen LogP contribution in [0.4, 0.5) is 11.5 Å². The Morgan fingerprint density at radius 3 is 2.77 bits per heavy atom. The quantitative estimate of drug-likeness (QED) is 0.673. The first kappa shape index (κ1) is 17.3. The van der Waals surface area contributed by atoms with Crippen LogP contribution in [-0.2, 0) is 6.54 Å². The van der Waals surface area contributed by atoms with Gasteiger partial charge in [-0.1, -0.05) is 0 Å². The molecule has 0 fully saturated rings. The molecule has 0 saturated heterocycles. The van der Waals surface area contributed by atoms with Gasteiger partial charge in [0.25, 0.3) is 5.91 Å². The summed E-state index contributed by atoms with van der Waals surface area (Å²) in [6.07, 6.45) is 2.92. The van der Waals surface area contributed by atoms with Gasteiger partial charge in [-0.3, -0.25) is 4.79 Å². The fraction of sp³-hybridized carbons (Fsp3) is 0.167. The summed E-state index contributed by atoms with van der Waals surface area (Å²) in [4.78, 5) is 20.6. The average Bonchev–Trinajstić information content (AvgIpc) is 3.20. The van der Waals surface area contributed by atoms with E-state index in [1.807, 2.05) is 6.07 Å². The molecule has 0 aliphatic heterocycles. The van der Waals surface area contributed by atoms with E-state index >= 15 is 0 Å². The number of carbonyl (C=O) groups excluding carboxylic acids is 1. The van der Waals surface area contributed by atoms with Gasteiger partial charge in [-0.2, -0.15) is 0 Å². The van der Waals surface area contributed by atoms with E-state index in [0.717, 1.165) is 5.76 Å². The molecule has 3 rings (SSSR count). The second-order valence-corrected chi connectivity index (χ2v) is 5.24. The first-order chi connectivity index (χ1) is 12.7. The van der Waals surface area contributed by atoms with Gasteiger partial charge in [0, 0.05) is 12.1 Å². The number of aromatic nitrogens is 2. The van der Waals surface area contributed by atoms with Crippen LogP contribution in [0.5, 0.6) is 11.5 Å². The molecule has 2 aromatic heterocycles. The van der Waals surface area contributed by atoms with Crippen molar-refractivity contribution in [1.82, 2.24) is 9.97 Å². The zero-order valence-corrected chi connectivity index (χ0v) is 14.4. The van der Waals surface area contributed by atoms with E-state index < -0.39 is 0 Å². The number of anilines is 2. The van der Waals surface area contributed by atoms with Gasteiger partial charge in [0.1, 0.15) is 35.1 Å². The lowest BCUT2D eigenvalue weighted by Crippen LogP contribution is -2.15. The summed E-state index contributed by atoms with van der Waals surface area (Å²) in [5, 5.41) is 5.85. The number of rotatable bonds is 7. The van der Waals surface area contributed by atoms with Crippen LogP contribution in [0.25, 0.3) is 0 Å². The van der Waals surface area contributed by atoms with Gasteiger partial charge in [0.15, 0.2) is 0 Å². The van der Waals surface area contributed by atoms with Crippen molar-refractivity contribution >= 4 is 17.4 Å². The first-order valence-electron chi connectivity index (χ1n) is 7.81. The third kappa shape index (κ3) is 4.10. The number of methoxy groups -OCH3 is 2. The third-order valence-corrected chi connectivity index (χ3v) is 3.58. The maximum Gasteiger partial charge on any atom is 0.274 e. The highest BCUT2D eigenvalue weighted by atomic mass is 16.5. The highest BCUT2D eigenvalue weighted by Crippen LogP contribution is 2.29. The first-order valence-corrected chi connectivity index (χ1v) is 7.81. The fourth-order valence-electron chi connectivity index (χ4n) is 2.27. The molecule has 1 aromatic carbocycles. The smallest absolute Gasteiger partial charge is 0.274 e. The van der Waals surface area contributed by atoms with E-state index in [-0.39, 0.29) is 11.6 Å². The van der Waals surface area contributed by atoms with E-state index in [4.69, 9.17) is 13.9 Å². The van der Waals surface area contributed by atoms with Crippen LogP contribution in [0.2, 0.25) is 0 Å². The summed E-state index contributed by atoms with van der Waals surface area (Å²) >= 11 is 0. The van der Waals surface area contributed by atoms with Gasteiger partial charge in [0.2, 0.25) is 0 Å². The highest BCUT2D eigenvalue weighted by molar-refractivity contribution is 6.04. The van der Waals surface area contributed by atoms with Gasteiger partial charge in [-0.15, -0.1) is 0 Å². The van der Waals surface area contributed by atoms with Crippen molar-refractivity contribution < 1.29 is 18.7 Å². The number of nitrogens with one attached hydrogen (secondary N) is 2. The van der Waals surface area contributed by atoms with Crippen molar-refractivity contribution in [3.63, 3.8) is 0 Å². The SMILES string of the molecule is COc1ccc(OC)c(NC(=O)c2cc(NCc3ccco3)ncn2)c1. The lowest BCUT2D eigenvalue weighted by Gasteiger charge is -2.12. The lowest BCUT2D eigenvalue weighted by molar-refractivity contribution is 0.102. The van der Waals surface area contributed by atoms with Gasteiger partial charge in [0.05, 0.1) is 32.7 Å². The van der Waals surface area contributed by atoms with E-state index in [9.17, 15) is 4.79 Å². The van der Waals surface area contributed by atoms with Crippen LogP contribution >= 0.6 is 0 Å². The number of amides is 1. The fourth-order valence-corrected chi connectivity index (χ4v) is 2.27. The number of nitrogens with zero attached hydrogens (tertiary/aromatic N) is 2. The van der Waals surface area contributed by atoms with Crippen molar-refractivity contribution in [2.45, 2.75) is 6.54 Å². The van der Waals surface area contributed by atoms with Crippen molar-refractivity contribution in [3.8, 4) is 11.5 Å². The van der Waals surface area contributed by atoms with Gasteiger partial charge < -0.3 is 24.5 Å². The van der Waals surface area contributed by atoms with Gasteiger partial charge in [-0.25, -0.2) is 9.97 Å². The van der Waals surface area contributed by atoms with E-state index in [1.165, 1.54) is 13.4 Å². The summed E-state index contributed by atoms with van der Waals surface area (Å²) in [5.74, 6) is 2.00. The minimum Gasteiger partial charge on any atom is -0.497 e. The van der Waals surface area contributed by atoms with E-state index in [1.54, 1.807) is 43.7 Å². The molecule has 2 heterocycles. The molecule has 2 N–H and O–H groups in total. The molecule has 8 heteroatoms. The Hall–Kier alpha value is -3.55. The molecule has 0 aliphatic carbocycles. The summed E-state index contributed by atoms with van der Waals surface area (Å²) in [6, 6.07) is 10.3. The van der Waals surface area contributed by atoms with Crippen LogP contribution in [0.3, 0.4) is 0 Å². The Morgan fingerprint density at radius 2 is 2.04 bits per heavy atom. The van der Waals surface area contributed by atoms with E-state index in [2.05, 4.69) is 20.6 Å². The lowest BCUT2D eigenvalue weighted by atomic mass is 10.2. The van der Waals surface area contributed by atoms with Crippen LogP contribution in [0.1, 0.15) is 16.2 Å². The van der Waals surface area contributed by atoms with Crippen LogP contribution in [-0.4, -0.2) is 30.1 Å². The number of hydrogen-bond donors (Lipinski definition) is 2. The number of carbonyl (C=O) groups is 1. The molecule has 0 aliphatic rings.